The number of fused-ring (bicyclic) bond motifs is 1. The molecule has 0 spiro atoms. The van der Waals surface area contributed by atoms with Gasteiger partial charge in [0.1, 0.15) is 0 Å². The van der Waals surface area contributed by atoms with Crippen LogP contribution in [0.4, 0.5) is 0 Å². The van der Waals surface area contributed by atoms with Crippen LogP contribution >= 0.6 is 15.9 Å². The van der Waals surface area contributed by atoms with E-state index in [0.29, 0.717) is 5.41 Å². The van der Waals surface area contributed by atoms with Gasteiger partial charge in [0.05, 0.1) is 0 Å². The average molecular weight is 281 g/mol. The van der Waals surface area contributed by atoms with Crippen LogP contribution in [0.15, 0.2) is 22.2 Å². The summed E-state index contributed by atoms with van der Waals surface area (Å²) in [5.41, 5.74) is 3.84. The Balaban J connectivity index is 0.000000606. The summed E-state index contributed by atoms with van der Waals surface area (Å²) in [7, 11) is 0. The van der Waals surface area contributed by atoms with Crippen molar-refractivity contribution in [3.63, 3.8) is 0 Å². The van der Waals surface area contributed by atoms with E-state index in [9.17, 15) is 0 Å². The Morgan fingerprint density at radius 3 is 2.62 bits per heavy atom. The van der Waals surface area contributed by atoms with E-state index in [-0.39, 0.29) is 0 Å². The quantitative estimate of drug-likeness (QED) is 0.430. The molecule has 0 radical (unpaired) electrons. The minimum atomic E-state index is 0.493. The maximum Gasteiger partial charge on any atom is -0.00506 e. The SMILES string of the molecule is C#C.C/C=C1/CCC2/C(=C/Br)CCC[C@]12C. The van der Waals surface area contributed by atoms with Crippen molar-refractivity contribution in [2.45, 2.75) is 46.0 Å². The standard InChI is InChI=1S/C13H19Br.C2H2/c1-3-11-6-7-12-10(9-14)5-4-8-13(11,12)2;1-2/h3,9,12H,4-8H2,1-2H3;1-2H/b10-9+,11-3-;/t12?,13-;/m1./s1. The number of halogens is 1. The van der Waals surface area contributed by atoms with Gasteiger partial charge in [0.25, 0.3) is 0 Å². The van der Waals surface area contributed by atoms with Gasteiger partial charge in [0.15, 0.2) is 0 Å². The van der Waals surface area contributed by atoms with Gasteiger partial charge in [0, 0.05) is 0 Å². The van der Waals surface area contributed by atoms with E-state index in [1.54, 1.807) is 11.1 Å². The van der Waals surface area contributed by atoms with Crippen LogP contribution in [-0.2, 0) is 0 Å². The van der Waals surface area contributed by atoms with Crippen LogP contribution in [0.2, 0.25) is 0 Å². The molecule has 0 amide bonds. The summed E-state index contributed by atoms with van der Waals surface area (Å²) in [4.78, 5) is 2.19. The fourth-order valence-corrected chi connectivity index (χ4v) is 4.04. The first kappa shape index (κ1) is 13.6. The first-order valence-corrected chi connectivity index (χ1v) is 6.92. The van der Waals surface area contributed by atoms with E-state index in [1.165, 1.54) is 32.1 Å². The molecule has 2 rings (SSSR count). The molecule has 2 fully saturated rings. The summed E-state index contributed by atoms with van der Waals surface area (Å²) in [5, 5.41) is 0. The second-order valence-corrected chi connectivity index (χ2v) is 5.32. The van der Waals surface area contributed by atoms with Gasteiger partial charge in [-0.15, -0.1) is 12.8 Å². The second-order valence-electron chi connectivity index (χ2n) is 4.86. The second kappa shape index (κ2) is 5.73. The zero-order valence-corrected chi connectivity index (χ0v) is 11.9. The van der Waals surface area contributed by atoms with Gasteiger partial charge < -0.3 is 0 Å². The van der Waals surface area contributed by atoms with E-state index in [2.05, 4.69) is 53.7 Å². The maximum absolute atomic E-state index is 4.00. The molecule has 0 saturated heterocycles. The molecule has 16 heavy (non-hydrogen) atoms. The fraction of sp³-hybridized carbons (Fsp3) is 0.600. The van der Waals surface area contributed by atoms with Crippen molar-refractivity contribution in [2.75, 3.05) is 0 Å². The summed E-state index contributed by atoms with van der Waals surface area (Å²) in [6, 6.07) is 0. The van der Waals surface area contributed by atoms with Crippen molar-refractivity contribution < 1.29 is 0 Å². The number of allylic oxidation sites excluding steroid dienone is 3. The zero-order valence-electron chi connectivity index (χ0n) is 10.3. The van der Waals surface area contributed by atoms with Crippen LogP contribution in [0.5, 0.6) is 0 Å². The van der Waals surface area contributed by atoms with Crippen molar-refractivity contribution >= 4 is 15.9 Å². The normalized spacial score (nSPS) is 37.9. The lowest BCUT2D eigenvalue weighted by Gasteiger charge is -2.39. The lowest BCUT2D eigenvalue weighted by molar-refractivity contribution is 0.246. The van der Waals surface area contributed by atoms with Crippen molar-refractivity contribution in [2.24, 2.45) is 11.3 Å². The Hall–Kier alpha value is -0.480. The Labute approximate surface area is 108 Å². The van der Waals surface area contributed by atoms with Crippen molar-refractivity contribution in [1.82, 2.24) is 0 Å². The first-order valence-electron chi connectivity index (χ1n) is 6.00. The molecule has 2 aliphatic carbocycles. The molecule has 0 aromatic carbocycles. The minimum Gasteiger partial charge on any atom is -0.124 e. The topological polar surface area (TPSA) is 0 Å². The number of hydrogen-bond acceptors (Lipinski definition) is 0. The molecule has 0 N–H and O–H groups in total. The Kier molecular flexibility index (Phi) is 4.87. The molecule has 0 aromatic heterocycles. The molecular weight excluding hydrogens is 260 g/mol. The van der Waals surface area contributed by atoms with Crippen LogP contribution < -0.4 is 0 Å². The van der Waals surface area contributed by atoms with Gasteiger partial charge in [-0.1, -0.05) is 40.1 Å². The van der Waals surface area contributed by atoms with Crippen LogP contribution in [0.3, 0.4) is 0 Å². The average Bonchev–Trinajstić information content (AvgIpc) is 2.67. The summed E-state index contributed by atoms with van der Waals surface area (Å²) >= 11 is 3.53. The predicted molar refractivity (Wildman–Crippen MR) is 75.3 cm³/mol. The third-order valence-electron chi connectivity index (χ3n) is 4.30. The van der Waals surface area contributed by atoms with Gasteiger partial charge in [0.2, 0.25) is 0 Å². The third-order valence-corrected chi connectivity index (χ3v) is 4.89. The van der Waals surface area contributed by atoms with Gasteiger partial charge in [-0.2, -0.15) is 0 Å². The first-order chi connectivity index (χ1) is 7.72. The molecule has 2 saturated carbocycles. The molecule has 0 aromatic rings. The van der Waals surface area contributed by atoms with Crippen molar-refractivity contribution in [3.05, 3.63) is 22.2 Å². The Morgan fingerprint density at radius 1 is 1.38 bits per heavy atom. The van der Waals surface area contributed by atoms with Crippen molar-refractivity contribution in [3.8, 4) is 12.8 Å². The number of terminal acetylenes is 1. The summed E-state index contributed by atoms with van der Waals surface area (Å²) < 4.78 is 0. The summed E-state index contributed by atoms with van der Waals surface area (Å²) in [6.07, 6.45) is 17.1. The number of rotatable bonds is 0. The van der Waals surface area contributed by atoms with Gasteiger partial charge >= 0.3 is 0 Å². The Morgan fingerprint density at radius 2 is 2.06 bits per heavy atom. The highest BCUT2D eigenvalue weighted by Crippen LogP contribution is 2.57. The molecule has 2 atom stereocenters. The Bertz CT molecular complexity index is 322. The molecular formula is C15H21Br. The van der Waals surface area contributed by atoms with E-state index < -0.39 is 0 Å². The minimum absolute atomic E-state index is 0.493. The smallest absolute Gasteiger partial charge is 0.00506 e. The molecule has 1 heteroatoms. The molecule has 2 aliphatic rings. The number of hydrogen-bond donors (Lipinski definition) is 0. The van der Waals surface area contributed by atoms with E-state index in [4.69, 9.17) is 0 Å². The highest BCUT2D eigenvalue weighted by Gasteiger charge is 2.45. The van der Waals surface area contributed by atoms with Crippen LogP contribution in [0, 0.1) is 24.2 Å². The third kappa shape index (κ3) is 2.13. The highest BCUT2D eigenvalue weighted by atomic mass is 79.9. The van der Waals surface area contributed by atoms with Gasteiger partial charge in [-0.05, 0) is 55.3 Å². The van der Waals surface area contributed by atoms with E-state index in [0.717, 1.165) is 5.92 Å². The van der Waals surface area contributed by atoms with E-state index >= 15 is 0 Å². The largest absolute Gasteiger partial charge is 0.124 e. The molecule has 0 nitrogen and oxygen atoms in total. The molecule has 0 aliphatic heterocycles. The predicted octanol–water partition coefficient (Wildman–Crippen LogP) is 5.06. The van der Waals surface area contributed by atoms with Gasteiger partial charge in [-0.3, -0.25) is 0 Å². The monoisotopic (exact) mass is 280 g/mol. The van der Waals surface area contributed by atoms with Crippen LogP contribution in [0.1, 0.15) is 46.0 Å². The molecule has 1 unspecified atom stereocenters. The summed E-state index contributed by atoms with van der Waals surface area (Å²) in [5.74, 6) is 0.821. The van der Waals surface area contributed by atoms with Crippen LogP contribution in [0.25, 0.3) is 0 Å². The molecule has 0 heterocycles. The lowest BCUT2D eigenvalue weighted by atomic mass is 9.66. The molecule has 88 valence electrons. The fourth-order valence-electron chi connectivity index (χ4n) is 3.50. The van der Waals surface area contributed by atoms with Crippen LogP contribution in [-0.4, -0.2) is 0 Å². The zero-order chi connectivity index (χ0) is 12.2. The van der Waals surface area contributed by atoms with E-state index in [1.807, 2.05) is 0 Å². The highest BCUT2D eigenvalue weighted by molar-refractivity contribution is 9.11. The lowest BCUT2D eigenvalue weighted by Crippen LogP contribution is -2.28. The summed E-state index contributed by atoms with van der Waals surface area (Å²) in [6.45, 7) is 4.67. The van der Waals surface area contributed by atoms with Crippen molar-refractivity contribution in [1.29, 1.82) is 0 Å². The molecule has 0 bridgehead atoms. The van der Waals surface area contributed by atoms with Gasteiger partial charge in [-0.25, -0.2) is 0 Å². The maximum atomic E-state index is 4.00.